The lowest BCUT2D eigenvalue weighted by Gasteiger charge is -1.94. The van der Waals surface area contributed by atoms with Gasteiger partial charge in [-0.3, -0.25) is 4.79 Å². The monoisotopic (exact) mass is 218 g/mol. The number of ketones is 1. The number of benzene rings is 1. The van der Waals surface area contributed by atoms with E-state index in [4.69, 9.17) is 0 Å². The second-order valence-electron chi connectivity index (χ2n) is 3.43. The van der Waals surface area contributed by atoms with Gasteiger partial charge in [-0.1, -0.05) is 18.2 Å². The molecule has 0 bridgehead atoms. The average molecular weight is 218 g/mol. The van der Waals surface area contributed by atoms with Crippen molar-refractivity contribution in [3.05, 3.63) is 36.0 Å². The molecule has 82 valence electrons. The molecule has 0 unspecified atom stereocenters. The second-order valence-corrected chi connectivity index (χ2v) is 3.43. The Morgan fingerprint density at radius 3 is 2.75 bits per heavy atom. The Morgan fingerprint density at radius 1 is 1.44 bits per heavy atom. The molecule has 16 heavy (non-hydrogen) atoms. The van der Waals surface area contributed by atoms with Gasteiger partial charge in [0.2, 0.25) is 11.4 Å². The summed E-state index contributed by atoms with van der Waals surface area (Å²) in [6.07, 6.45) is 0.0250. The van der Waals surface area contributed by atoms with Gasteiger partial charge in [-0.25, -0.2) is 0 Å². The molecule has 0 atom stereocenters. The summed E-state index contributed by atoms with van der Waals surface area (Å²) >= 11 is 0. The highest BCUT2D eigenvalue weighted by molar-refractivity contribution is 5.77. The predicted molar refractivity (Wildman–Crippen MR) is 51.9 cm³/mol. The van der Waals surface area contributed by atoms with Gasteiger partial charge in [0.1, 0.15) is 5.78 Å². The number of hydrogen-bond acceptors (Lipinski definition) is 4. The molecular weight excluding hydrogens is 208 g/mol. The van der Waals surface area contributed by atoms with E-state index in [1.54, 1.807) is 12.1 Å². The van der Waals surface area contributed by atoms with E-state index < -0.39 is 5.95 Å². The van der Waals surface area contributed by atoms with Crippen molar-refractivity contribution in [3.63, 3.8) is 0 Å². The van der Waals surface area contributed by atoms with Crippen LogP contribution in [0.25, 0.3) is 5.69 Å². The van der Waals surface area contributed by atoms with E-state index in [2.05, 4.69) is 9.79 Å². The van der Waals surface area contributed by atoms with E-state index in [0.29, 0.717) is 5.69 Å². The van der Waals surface area contributed by atoms with Crippen molar-refractivity contribution < 1.29 is 19.1 Å². The summed E-state index contributed by atoms with van der Waals surface area (Å²) in [5.74, 6) is -0.677. The molecule has 5 nitrogen and oxygen atoms in total. The van der Waals surface area contributed by atoms with Gasteiger partial charge in [-0.15, -0.1) is 0 Å². The fourth-order valence-electron chi connectivity index (χ4n) is 1.42. The standard InChI is InChI=1S/C11H10N2O3/c1-8(14)7-10-11(15)16-12-13(10)9-5-3-2-4-6-9/h2-6H,7H2,1H3. The van der Waals surface area contributed by atoms with Crippen molar-refractivity contribution in [2.75, 3.05) is 0 Å². The first-order valence-electron chi connectivity index (χ1n) is 4.81. The fraction of sp³-hybridized carbons (Fsp3) is 0.182. The molecular formula is C11H10N2O3. The first-order valence-corrected chi connectivity index (χ1v) is 4.81. The Hall–Kier alpha value is -2.17. The normalized spacial score (nSPS) is 10.3. The van der Waals surface area contributed by atoms with Gasteiger partial charge >= 0.3 is 0 Å². The van der Waals surface area contributed by atoms with E-state index in [1.165, 1.54) is 11.6 Å². The third kappa shape index (κ3) is 1.93. The molecule has 1 heterocycles. The number of Topliss-reactive ketones (excluding diaryl/α,β-unsaturated/α-hetero) is 1. The Bertz CT molecular complexity index is 505. The SMILES string of the molecule is CC(=O)Cc1c([O-])on[n+]1-c1ccccc1. The van der Waals surface area contributed by atoms with Crippen LogP contribution in [0.5, 0.6) is 5.95 Å². The highest BCUT2D eigenvalue weighted by Crippen LogP contribution is 2.10. The van der Waals surface area contributed by atoms with Gasteiger partial charge in [-0.2, -0.15) is 0 Å². The summed E-state index contributed by atoms with van der Waals surface area (Å²) in [4.78, 5) is 11.0. The number of carbonyl (C=O) groups is 1. The molecule has 0 aliphatic rings. The molecule has 0 saturated heterocycles. The van der Waals surface area contributed by atoms with Crippen molar-refractivity contribution in [1.82, 2.24) is 5.27 Å². The van der Waals surface area contributed by atoms with Crippen molar-refractivity contribution in [3.8, 4) is 11.6 Å². The van der Waals surface area contributed by atoms with E-state index >= 15 is 0 Å². The maximum Gasteiger partial charge on any atom is 0.247 e. The van der Waals surface area contributed by atoms with Gasteiger partial charge in [0.15, 0.2) is 5.95 Å². The van der Waals surface area contributed by atoms with Crippen molar-refractivity contribution in [2.45, 2.75) is 13.3 Å². The average Bonchev–Trinajstić information content (AvgIpc) is 2.61. The zero-order valence-electron chi connectivity index (χ0n) is 8.71. The van der Waals surface area contributed by atoms with E-state index in [1.807, 2.05) is 18.2 Å². The molecule has 5 heteroatoms. The Balaban J connectivity index is 2.46. The van der Waals surface area contributed by atoms with Gasteiger partial charge in [0.05, 0.1) is 11.7 Å². The van der Waals surface area contributed by atoms with Crippen LogP contribution in [-0.4, -0.2) is 11.1 Å². The molecule has 1 aromatic carbocycles. The quantitative estimate of drug-likeness (QED) is 0.688. The summed E-state index contributed by atoms with van der Waals surface area (Å²) in [5, 5.41) is 15.0. The maximum atomic E-state index is 11.3. The van der Waals surface area contributed by atoms with Crippen molar-refractivity contribution in [1.29, 1.82) is 0 Å². The Morgan fingerprint density at radius 2 is 2.12 bits per heavy atom. The summed E-state index contributed by atoms with van der Waals surface area (Å²) in [7, 11) is 0. The molecule has 0 aliphatic heterocycles. The zero-order valence-corrected chi connectivity index (χ0v) is 8.71. The Labute approximate surface area is 91.9 Å². The molecule has 0 radical (unpaired) electrons. The van der Waals surface area contributed by atoms with Gasteiger partial charge in [0, 0.05) is 12.1 Å². The van der Waals surface area contributed by atoms with Gasteiger partial charge in [0.25, 0.3) is 0 Å². The van der Waals surface area contributed by atoms with Crippen LogP contribution in [0.4, 0.5) is 0 Å². The van der Waals surface area contributed by atoms with Crippen molar-refractivity contribution >= 4 is 5.78 Å². The van der Waals surface area contributed by atoms with Crippen LogP contribution in [0, 0.1) is 0 Å². The molecule has 0 aliphatic carbocycles. The lowest BCUT2D eigenvalue weighted by molar-refractivity contribution is -0.677. The van der Waals surface area contributed by atoms with Gasteiger partial charge < -0.3 is 9.63 Å². The minimum Gasteiger partial charge on any atom is -0.539 e. The molecule has 0 saturated carbocycles. The van der Waals surface area contributed by atoms with Gasteiger partial charge in [-0.05, 0) is 11.6 Å². The van der Waals surface area contributed by atoms with E-state index in [9.17, 15) is 9.90 Å². The van der Waals surface area contributed by atoms with Crippen LogP contribution in [0.3, 0.4) is 0 Å². The smallest absolute Gasteiger partial charge is 0.247 e. The fourth-order valence-corrected chi connectivity index (χ4v) is 1.42. The highest BCUT2D eigenvalue weighted by atomic mass is 16.6. The molecule has 0 amide bonds. The van der Waals surface area contributed by atoms with Crippen LogP contribution in [0.15, 0.2) is 34.9 Å². The van der Waals surface area contributed by atoms with Crippen LogP contribution >= 0.6 is 0 Å². The first kappa shape index (κ1) is 10.4. The third-order valence-electron chi connectivity index (χ3n) is 2.11. The number of rotatable bonds is 3. The minimum atomic E-state index is -0.570. The van der Waals surface area contributed by atoms with E-state index in [0.717, 1.165) is 0 Å². The summed E-state index contributed by atoms with van der Waals surface area (Å²) in [5.41, 5.74) is 0.948. The lowest BCUT2D eigenvalue weighted by atomic mass is 10.2. The number of nitrogens with zero attached hydrogens (tertiary/aromatic N) is 2. The number of hydrogen-bond donors (Lipinski definition) is 0. The third-order valence-corrected chi connectivity index (χ3v) is 2.11. The van der Waals surface area contributed by atoms with Crippen LogP contribution in [0.1, 0.15) is 12.6 Å². The number of para-hydroxylation sites is 1. The second kappa shape index (κ2) is 4.14. The molecule has 2 aromatic rings. The number of aromatic nitrogens is 2. The minimum absolute atomic E-state index is 0.0250. The van der Waals surface area contributed by atoms with Crippen LogP contribution in [-0.2, 0) is 11.2 Å². The topological polar surface area (TPSA) is 70.0 Å². The highest BCUT2D eigenvalue weighted by Gasteiger charge is 2.20. The molecule has 2 rings (SSSR count). The maximum absolute atomic E-state index is 11.3. The molecule has 0 spiro atoms. The van der Waals surface area contributed by atoms with Crippen LogP contribution in [0.2, 0.25) is 0 Å². The van der Waals surface area contributed by atoms with Crippen LogP contribution < -0.4 is 9.79 Å². The lowest BCUT2D eigenvalue weighted by Crippen LogP contribution is -2.37. The summed E-state index contributed by atoms with van der Waals surface area (Å²) in [6.45, 7) is 1.42. The van der Waals surface area contributed by atoms with Crippen molar-refractivity contribution in [2.24, 2.45) is 0 Å². The zero-order chi connectivity index (χ0) is 11.5. The first-order chi connectivity index (χ1) is 7.68. The molecule has 1 aromatic heterocycles. The summed E-state index contributed by atoms with van der Waals surface area (Å²) in [6, 6.07) is 9.06. The largest absolute Gasteiger partial charge is 0.539 e. The predicted octanol–water partition coefficient (Wildman–Crippen LogP) is 0.156. The Kier molecular flexibility index (Phi) is 2.68. The van der Waals surface area contributed by atoms with E-state index in [-0.39, 0.29) is 17.9 Å². The molecule has 0 fully saturated rings. The number of carbonyl (C=O) groups excluding carboxylic acids is 1. The molecule has 0 N–H and O–H groups in total. The summed E-state index contributed by atoms with van der Waals surface area (Å²) < 4.78 is 5.91.